The van der Waals surface area contributed by atoms with Gasteiger partial charge in [-0.1, -0.05) is 54.6 Å². The summed E-state index contributed by atoms with van der Waals surface area (Å²) in [6.45, 7) is 1.97. The summed E-state index contributed by atoms with van der Waals surface area (Å²) in [6.07, 6.45) is 5.62. The van der Waals surface area contributed by atoms with Gasteiger partial charge >= 0.3 is 0 Å². The molecule has 0 aliphatic rings. The fourth-order valence-corrected chi connectivity index (χ4v) is 3.24. The van der Waals surface area contributed by atoms with Crippen LogP contribution in [-0.2, 0) is 19.6 Å². The Morgan fingerprint density at radius 3 is 2.50 bits per heavy atom. The third kappa shape index (κ3) is 4.94. The van der Waals surface area contributed by atoms with Crippen LogP contribution in [0.25, 0.3) is 11.3 Å². The van der Waals surface area contributed by atoms with Crippen LogP contribution in [0.1, 0.15) is 17.0 Å². The molecule has 2 aromatic heterocycles. The van der Waals surface area contributed by atoms with E-state index < -0.39 is 0 Å². The Kier molecular flexibility index (Phi) is 6.19. The first kappa shape index (κ1) is 19.4. The summed E-state index contributed by atoms with van der Waals surface area (Å²) in [4.78, 5) is 12.1. The maximum atomic E-state index is 4.46. The molecule has 4 aromatic rings. The number of hydrogen-bond acceptors (Lipinski definition) is 3. The lowest BCUT2D eigenvalue weighted by Gasteiger charge is -2.14. The average Bonchev–Trinajstić information content (AvgIpc) is 3.48. The monoisotopic (exact) mass is 399 g/mol. The quantitative estimate of drug-likeness (QED) is 0.329. The van der Waals surface area contributed by atoms with Crippen LogP contribution in [0, 0.1) is 0 Å². The van der Waals surface area contributed by atoms with Gasteiger partial charge in [-0.05, 0) is 22.8 Å². The van der Waals surface area contributed by atoms with Gasteiger partial charge in [0.05, 0.1) is 25.0 Å². The van der Waals surface area contributed by atoms with Gasteiger partial charge in [-0.25, -0.2) is 4.98 Å². The average molecular weight is 400 g/mol. The van der Waals surface area contributed by atoms with Crippen LogP contribution >= 0.6 is 0 Å². The highest BCUT2D eigenvalue weighted by Crippen LogP contribution is 2.16. The Bertz CT molecular complexity index is 1080. The smallest absolute Gasteiger partial charge is 0.191 e. The van der Waals surface area contributed by atoms with Gasteiger partial charge in [0.25, 0.3) is 0 Å². The standard InChI is InChI=1S/C23H25N7/c1-24-23(27-16-22-25-15-21(29-22)18-8-3-2-4-9-18)26-14-19-10-5-6-11-20(19)17-30-13-7-12-28-30/h2-13,15H,14,16-17H2,1H3,(H,25,29)(H2,24,26,27). The molecule has 152 valence electrons. The van der Waals surface area contributed by atoms with E-state index in [-0.39, 0.29) is 0 Å². The summed E-state index contributed by atoms with van der Waals surface area (Å²) in [5.74, 6) is 1.58. The van der Waals surface area contributed by atoms with Crippen LogP contribution in [0.15, 0.2) is 84.2 Å². The first-order valence-corrected chi connectivity index (χ1v) is 9.90. The molecule has 0 atom stereocenters. The molecule has 0 bridgehead atoms. The normalized spacial score (nSPS) is 11.4. The SMILES string of the molecule is CN=C(NCc1ncc(-c2ccccc2)[nH]1)NCc1ccccc1Cn1cccn1. The van der Waals surface area contributed by atoms with Crippen molar-refractivity contribution < 1.29 is 0 Å². The molecule has 30 heavy (non-hydrogen) atoms. The number of imidazole rings is 1. The molecule has 0 fully saturated rings. The van der Waals surface area contributed by atoms with Gasteiger partial charge in [0, 0.05) is 26.0 Å². The minimum atomic E-state index is 0.557. The minimum absolute atomic E-state index is 0.557. The molecule has 2 heterocycles. The molecule has 0 saturated heterocycles. The first-order valence-electron chi connectivity index (χ1n) is 9.90. The molecule has 2 aromatic carbocycles. The second-order valence-corrected chi connectivity index (χ2v) is 6.86. The van der Waals surface area contributed by atoms with Gasteiger partial charge < -0.3 is 15.6 Å². The van der Waals surface area contributed by atoms with Crippen molar-refractivity contribution in [1.82, 2.24) is 30.4 Å². The molecule has 0 spiro atoms. The Balaban J connectivity index is 1.33. The van der Waals surface area contributed by atoms with Crippen molar-refractivity contribution >= 4 is 5.96 Å². The summed E-state index contributed by atoms with van der Waals surface area (Å²) in [5, 5.41) is 11.0. The second-order valence-electron chi connectivity index (χ2n) is 6.86. The molecular formula is C23H25N7. The highest BCUT2D eigenvalue weighted by atomic mass is 15.3. The summed E-state index contributed by atoms with van der Waals surface area (Å²) in [5.41, 5.74) is 4.55. The van der Waals surface area contributed by atoms with E-state index in [1.54, 1.807) is 13.2 Å². The number of aromatic nitrogens is 4. The Morgan fingerprint density at radius 1 is 0.967 bits per heavy atom. The third-order valence-electron chi connectivity index (χ3n) is 4.82. The number of aromatic amines is 1. The molecular weight excluding hydrogens is 374 g/mol. The molecule has 0 unspecified atom stereocenters. The van der Waals surface area contributed by atoms with E-state index >= 15 is 0 Å². The number of H-pyrrole nitrogens is 1. The highest BCUT2D eigenvalue weighted by molar-refractivity contribution is 5.79. The van der Waals surface area contributed by atoms with E-state index in [1.807, 2.05) is 47.4 Å². The number of hydrogen-bond donors (Lipinski definition) is 3. The number of benzene rings is 2. The summed E-state index contributed by atoms with van der Waals surface area (Å²) < 4.78 is 1.92. The van der Waals surface area contributed by atoms with Crippen LogP contribution in [0.3, 0.4) is 0 Å². The van der Waals surface area contributed by atoms with Crippen molar-refractivity contribution in [2.75, 3.05) is 7.05 Å². The topological polar surface area (TPSA) is 82.9 Å². The molecule has 0 radical (unpaired) electrons. The zero-order chi connectivity index (χ0) is 20.6. The predicted molar refractivity (Wildman–Crippen MR) is 119 cm³/mol. The number of rotatable bonds is 7. The lowest BCUT2D eigenvalue weighted by Crippen LogP contribution is -2.36. The molecule has 0 aliphatic heterocycles. The van der Waals surface area contributed by atoms with Crippen molar-refractivity contribution in [2.24, 2.45) is 4.99 Å². The van der Waals surface area contributed by atoms with Gasteiger partial charge in [0.1, 0.15) is 5.82 Å². The summed E-state index contributed by atoms with van der Waals surface area (Å²) in [6, 6.07) is 20.5. The molecule has 7 heteroatoms. The van der Waals surface area contributed by atoms with Crippen LogP contribution < -0.4 is 10.6 Å². The fourth-order valence-electron chi connectivity index (χ4n) is 3.24. The van der Waals surface area contributed by atoms with E-state index in [0.717, 1.165) is 29.6 Å². The maximum Gasteiger partial charge on any atom is 0.191 e. The molecule has 0 aliphatic carbocycles. The van der Waals surface area contributed by atoms with Crippen LogP contribution in [0.4, 0.5) is 0 Å². The third-order valence-corrected chi connectivity index (χ3v) is 4.82. The van der Waals surface area contributed by atoms with Crippen LogP contribution in [-0.4, -0.2) is 32.8 Å². The van der Waals surface area contributed by atoms with Gasteiger partial charge in [-0.3, -0.25) is 9.67 Å². The number of nitrogens with zero attached hydrogens (tertiary/aromatic N) is 4. The Morgan fingerprint density at radius 2 is 1.73 bits per heavy atom. The highest BCUT2D eigenvalue weighted by Gasteiger charge is 2.06. The summed E-state index contributed by atoms with van der Waals surface area (Å²) >= 11 is 0. The van der Waals surface area contributed by atoms with Gasteiger partial charge in [0.2, 0.25) is 0 Å². The van der Waals surface area contributed by atoms with Gasteiger partial charge in [0.15, 0.2) is 5.96 Å². The van der Waals surface area contributed by atoms with E-state index in [1.165, 1.54) is 11.1 Å². The molecule has 0 saturated carbocycles. The maximum absolute atomic E-state index is 4.46. The zero-order valence-electron chi connectivity index (χ0n) is 16.9. The van der Waals surface area contributed by atoms with Crippen molar-refractivity contribution in [1.29, 1.82) is 0 Å². The largest absolute Gasteiger partial charge is 0.352 e. The van der Waals surface area contributed by atoms with Gasteiger partial charge in [-0.2, -0.15) is 5.10 Å². The van der Waals surface area contributed by atoms with Crippen LogP contribution in [0.5, 0.6) is 0 Å². The van der Waals surface area contributed by atoms with Crippen molar-refractivity contribution in [3.8, 4) is 11.3 Å². The van der Waals surface area contributed by atoms with Gasteiger partial charge in [-0.15, -0.1) is 0 Å². The fraction of sp³-hybridized carbons (Fsp3) is 0.174. The minimum Gasteiger partial charge on any atom is -0.352 e. The Labute approximate surface area is 175 Å². The zero-order valence-corrected chi connectivity index (χ0v) is 16.9. The number of guanidine groups is 1. The van der Waals surface area contributed by atoms with E-state index in [9.17, 15) is 0 Å². The van der Waals surface area contributed by atoms with E-state index in [2.05, 4.69) is 61.0 Å². The second kappa shape index (κ2) is 9.56. The first-order chi connectivity index (χ1) is 14.8. The predicted octanol–water partition coefficient (Wildman–Crippen LogP) is 3.19. The van der Waals surface area contributed by atoms with Crippen molar-refractivity contribution in [3.05, 3.63) is 96.2 Å². The molecule has 0 amide bonds. The summed E-state index contributed by atoms with van der Waals surface area (Å²) in [7, 11) is 1.77. The lowest BCUT2D eigenvalue weighted by atomic mass is 10.1. The lowest BCUT2D eigenvalue weighted by molar-refractivity contribution is 0.677. The van der Waals surface area contributed by atoms with Crippen molar-refractivity contribution in [3.63, 3.8) is 0 Å². The van der Waals surface area contributed by atoms with Crippen LogP contribution in [0.2, 0.25) is 0 Å². The Hall–Kier alpha value is -3.87. The number of aliphatic imine (C=N–C) groups is 1. The van der Waals surface area contributed by atoms with Crippen molar-refractivity contribution in [2.45, 2.75) is 19.6 Å². The van der Waals surface area contributed by atoms with E-state index in [0.29, 0.717) is 13.1 Å². The molecule has 7 nitrogen and oxygen atoms in total. The van der Waals surface area contributed by atoms with E-state index in [4.69, 9.17) is 0 Å². The molecule has 4 rings (SSSR count). The number of nitrogens with one attached hydrogen (secondary N) is 3. The molecule has 3 N–H and O–H groups in total.